The van der Waals surface area contributed by atoms with Crippen molar-refractivity contribution >= 4 is 11.8 Å². The maximum Gasteiger partial charge on any atom is 0.0459 e. The zero-order chi connectivity index (χ0) is 13.4. The van der Waals surface area contributed by atoms with Crippen molar-refractivity contribution in [3.8, 4) is 0 Å². The summed E-state index contributed by atoms with van der Waals surface area (Å²) in [5.41, 5.74) is 0.400. The lowest BCUT2D eigenvalue weighted by Crippen LogP contribution is -2.33. The highest BCUT2D eigenvalue weighted by atomic mass is 32.2. The summed E-state index contributed by atoms with van der Waals surface area (Å²) >= 11 is 2.07. The quantitative estimate of drug-likeness (QED) is 0.770. The van der Waals surface area contributed by atoms with Gasteiger partial charge in [-0.15, -0.1) is 0 Å². The molecule has 18 heavy (non-hydrogen) atoms. The van der Waals surface area contributed by atoms with E-state index >= 15 is 0 Å². The van der Waals surface area contributed by atoms with Crippen LogP contribution < -0.4 is 0 Å². The molecule has 0 saturated carbocycles. The van der Waals surface area contributed by atoms with E-state index < -0.39 is 0 Å². The van der Waals surface area contributed by atoms with E-state index in [2.05, 4.69) is 37.4 Å². The highest BCUT2D eigenvalue weighted by molar-refractivity contribution is 7.99. The van der Waals surface area contributed by atoms with Gasteiger partial charge in [-0.25, -0.2) is 0 Å². The molecule has 0 aromatic rings. The Hall–Kier alpha value is 0.270. The summed E-state index contributed by atoms with van der Waals surface area (Å²) in [5.74, 6) is 3.12. The first kappa shape index (κ1) is 16.3. The molecule has 2 nitrogen and oxygen atoms in total. The molecular formula is C15H31NOS. The fourth-order valence-electron chi connectivity index (χ4n) is 2.39. The molecule has 0 spiro atoms. The van der Waals surface area contributed by atoms with Crippen LogP contribution in [0.15, 0.2) is 0 Å². The van der Waals surface area contributed by atoms with Gasteiger partial charge in [0.05, 0.1) is 0 Å². The van der Waals surface area contributed by atoms with Crippen LogP contribution in [0.2, 0.25) is 0 Å². The highest BCUT2D eigenvalue weighted by Crippen LogP contribution is 2.25. The molecule has 0 aliphatic carbocycles. The molecular weight excluding hydrogens is 242 g/mol. The van der Waals surface area contributed by atoms with Crippen molar-refractivity contribution in [2.45, 2.75) is 46.5 Å². The largest absolute Gasteiger partial charge is 0.396 e. The van der Waals surface area contributed by atoms with E-state index in [4.69, 9.17) is 0 Å². The number of thioether (sulfide) groups is 1. The zero-order valence-corrected chi connectivity index (χ0v) is 13.3. The van der Waals surface area contributed by atoms with Crippen LogP contribution in [0.25, 0.3) is 0 Å². The molecule has 3 heteroatoms. The molecule has 0 bridgehead atoms. The number of aliphatic hydroxyl groups is 1. The van der Waals surface area contributed by atoms with Crippen LogP contribution in [0.4, 0.5) is 0 Å². The van der Waals surface area contributed by atoms with Crippen LogP contribution in [0.3, 0.4) is 0 Å². The van der Waals surface area contributed by atoms with Crippen molar-refractivity contribution in [1.29, 1.82) is 0 Å². The third-order valence-corrected chi connectivity index (χ3v) is 4.69. The van der Waals surface area contributed by atoms with Gasteiger partial charge >= 0.3 is 0 Å². The van der Waals surface area contributed by atoms with E-state index in [0.29, 0.717) is 17.9 Å². The summed E-state index contributed by atoms with van der Waals surface area (Å²) in [7, 11) is 0. The van der Waals surface area contributed by atoms with Gasteiger partial charge in [0.25, 0.3) is 0 Å². The fraction of sp³-hybridized carbons (Fsp3) is 1.00. The predicted molar refractivity (Wildman–Crippen MR) is 82.3 cm³/mol. The minimum absolute atomic E-state index is 0.367. The Morgan fingerprint density at radius 1 is 1.17 bits per heavy atom. The standard InChI is InChI=1S/C15H31NOS/c1-15(2,3)7-6-14(13-17)5-4-8-16-9-11-18-12-10-16/h14,17H,4-13H2,1-3H3/t14-/m1/s1. The van der Waals surface area contributed by atoms with Gasteiger partial charge in [-0.1, -0.05) is 20.8 Å². The molecule has 0 unspecified atom stereocenters. The van der Waals surface area contributed by atoms with Crippen molar-refractivity contribution in [3.05, 3.63) is 0 Å². The minimum atomic E-state index is 0.367. The van der Waals surface area contributed by atoms with E-state index in [1.807, 2.05) is 0 Å². The summed E-state index contributed by atoms with van der Waals surface area (Å²) in [4.78, 5) is 2.58. The molecule has 1 aliphatic heterocycles. The van der Waals surface area contributed by atoms with E-state index in [1.165, 1.54) is 56.8 Å². The summed E-state index contributed by atoms with van der Waals surface area (Å²) in [6.07, 6.45) is 4.84. The van der Waals surface area contributed by atoms with Crippen LogP contribution in [-0.4, -0.2) is 47.8 Å². The maximum atomic E-state index is 9.44. The molecule has 1 rings (SSSR count). The lowest BCUT2D eigenvalue weighted by Gasteiger charge is -2.27. The molecule has 1 heterocycles. The number of nitrogens with zero attached hydrogens (tertiary/aromatic N) is 1. The second-order valence-corrected chi connectivity index (χ2v) is 7.97. The molecule has 1 saturated heterocycles. The van der Waals surface area contributed by atoms with Gasteiger partial charge in [-0.2, -0.15) is 11.8 Å². The van der Waals surface area contributed by atoms with Gasteiger partial charge in [0, 0.05) is 31.2 Å². The van der Waals surface area contributed by atoms with Crippen molar-refractivity contribution in [2.75, 3.05) is 37.7 Å². The Morgan fingerprint density at radius 2 is 1.83 bits per heavy atom. The van der Waals surface area contributed by atoms with Gasteiger partial charge in [0.15, 0.2) is 0 Å². The van der Waals surface area contributed by atoms with Gasteiger partial charge in [0.1, 0.15) is 0 Å². The lowest BCUT2D eigenvalue weighted by molar-refractivity contribution is 0.184. The number of rotatable bonds is 7. The van der Waals surface area contributed by atoms with Crippen molar-refractivity contribution < 1.29 is 5.11 Å². The number of hydrogen-bond acceptors (Lipinski definition) is 3. The molecule has 0 aromatic heterocycles. The van der Waals surface area contributed by atoms with E-state index in [0.717, 1.165) is 0 Å². The SMILES string of the molecule is CC(C)(C)CC[C@H](CO)CCCN1CCSCC1. The second-order valence-electron chi connectivity index (χ2n) is 6.74. The third kappa shape index (κ3) is 7.65. The van der Waals surface area contributed by atoms with Crippen LogP contribution >= 0.6 is 11.8 Å². The second kappa shape index (κ2) is 8.44. The number of hydrogen-bond donors (Lipinski definition) is 1. The van der Waals surface area contributed by atoms with Gasteiger partial charge in [-0.3, -0.25) is 0 Å². The molecule has 1 aliphatic rings. The van der Waals surface area contributed by atoms with Crippen LogP contribution in [0.5, 0.6) is 0 Å². The summed E-state index contributed by atoms with van der Waals surface area (Å²) < 4.78 is 0. The lowest BCUT2D eigenvalue weighted by atomic mass is 9.85. The van der Waals surface area contributed by atoms with E-state index in [-0.39, 0.29) is 0 Å². The first-order chi connectivity index (χ1) is 8.51. The molecule has 1 fully saturated rings. The minimum Gasteiger partial charge on any atom is -0.396 e. The molecule has 0 amide bonds. The van der Waals surface area contributed by atoms with E-state index in [1.54, 1.807) is 0 Å². The fourth-order valence-corrected chi connectivity index (χ4v) is 3.37. The molecule has 0 radical (unpaired) electrons. The Bertz CT molecular complexity index is 209. The number of aliphatic hydroxyl groups excluding tert-OH is 1. The predicted octanol–water partition coefficient (Wildman–Crippen LogP) is 3.25. The van der Waals surface area contributed by atoms with E-state index in [9.17, 15) is 5.11 Å². The monoisotopic (exact) mass is 273 g/mol. The molecule has 1 N–H and O–H groups in total. The summed E-state index contributed by atoms with van der Waals surface area (Å²) in [6.45, 7) is 11.0. The smallest absolute Gasteiger partial charge is 0.0459 e. The zero-order valence-electron chi connectivity index (χ0n) is 12.5. The first-order valence-electron chi connectivity index (χ1n) is 7.42. The van der Waals surface area contributed by atoms with Gasteiger partial charge in [0.2, 0.25) is 0 Å². The van der Waals surface area contributed by atoms with Crippen molar-refractivity contribution in [1.82, 2.24) is 4.90 Å². The van der Waals surface area contributed by atoms with Crippen LogP contribution in [0, 0.1) is 11.3 Å². The van der Waals surface area contributed by atoms with Crippen molar-refractivity contribution in [3.63, 3.8) is 0 Å². The average molecular weight is 273 g/mol. The van der Waals surface area contributed by atoms with Crippen molar-refractivity contribution in [2.24, 2.45) is 11.3 Å². The Morgan fingerprint density at radius 3 is 2.39 bits per heavy atom. The molecule has 108 valence electrons. The Labute approximate surface area is 118 Å². The molecule has 1 atom stereocenters. The average Bonchev–Trinajstić information content (AvgIpc) is 2.33. The highest BCUT2D eigenvalue weighted by Gasteiger charge is 2.15. The Balaban J connectivity index is 2.10. The third-order valence-electron chi connectivity index (χ3n) is 3.75. The maximum absolute atomic E-state index is 9.44. The van der Waals surface area contributed by atoms with Gasteiger partial charge < -0.3 is 10.0 Å². The summed E-state index contributed by atoms with van der Waals surface area (Å²) in [5, 5.41) is 9.44. The van der Waals surface area contributed by atoms with Gasteiger partial charge in [-0.05, 0) is 43.6 Å². The topological polar surface area (TPSA) is 23.5 Å². The normalized spacial score (nSPS) is 20.0. The molecule has 0 aromatic carbocycles. The Kier molecular flexibility index (Phi) is 7.66. The van der Waals surface area contributed by atoms with Crippen LogP contribution in [0.1, 0.15) is 46.5 Å². The van der Waals surface area contributed by atoms with Crippen LogP contribution in [-0.2, 0) is 0 Å². The summed E-state index contributed by atoms with van der Waals surface area (Å²) in [6, 6.07) is 0. The first-order valence-corrected chi connectivity index (χ1v) is 8.58.